The number of hydrogen-bond donors (Lipinski definition) is 2. The molecule has 2 unspecified atom stereocenters. The summed E-state index contributed by atoms with van der Waals surface area (Å²) in [6.07, 6.45) is 0. The Morgan fingerprint density at radius 1 is 1.35 bits per heavy atom. The number of nitrogen functional groups attached to an aromatic ring is 1. The van der Waals surface area contributed by atoms with Gasteiger partial charge in [-0.2, -0.15) is 0 Å². The number of aromatic nitrogens is 3. The number of anilines is 1. The Morgan fingerprint density at radius 2 is 1.94 bits per heavy atom. The van der Waals surface area contributed by atoms with Crippen molar-refractivity contribution in [2.75, 3.05) is 5.73 Å². The standard InChI is InChI=1S/C10H18N4O2S/c1-5(2)14-9(11)12-13-10(14)17-7(4)6(3)8(15)16/h5-7H,1-4H3,(H2,11,12)(H,15,16). The molecular weight excluding hydrogens is 240 g/mol. The van der Waals surface area contributed by atoms with Gasteiger partial charge in [-0.05, 0) is 13.8 Å². The lowest BCUT2D eigenvalue weighted by atomic mass is 10.1. The van der Waals surface area contributed by atoms with Crippen molar-refractivity contribution < 1.29 is 9.90 Å². The number of aliphatic carboxylic acids is 1. The van der Waals surface area contributed by atoms with Gasteiger partial charge in [0.1, 0.15) is 0 Å². The molecule has 1 aromatic heterocycles. The summed E-state index contributed by atoms with van der Waals surface area (Å²) in [5.41, 5.74) is 5.71. The van der Waals surface area contributed by atoms with Crippen molar-refractivity contribution in [1.82, 2.24) is 14.8 Å². The van der Waals surface area contributed by atoms with Crippen LogP contribution in [0.3, 0.4) is 0 Å². The van der Waals surface area contributed by atoms with Gasteiger partial charge in [0, 0.05) is 11.3 Å². The van der Waals surface area contributed by atoms with Crippen LogP contribution in [0, 0.1) is 5.92 Å². The number of carboxylic acid groups (broad SMARTS) is 1. The Kier molecular flexibility index (Phi) is 4.39. The minimum absolute atomic E-state index is 0.0893. The minimum atomic E-state index is -0.811. The van der Waals surface area contributed by atoms with Crippen molar-refractivity contribution in [2.45, 2.75) is 44.1 Å². The zero-order valence-electron chi connectivity index (χ0n) is 10.4. The number of nitrogens with zero attached hydrogens (tertiary/aromatic N) is 3. The second-order valence-electron chi connectivity index (χ2n) is 4.25. The number of thioether (sulfide) groups is 1. The maximum atomic E-state index is 10.9. The van der Waals surface area contributed by atoms with E-state index in [0.717, 1.165) is 0 Å². The van der Waals surface area contributed by atoms with Crippen LogP contribution < -0.4 is 5.73 Å². The molecule has 0 saturated carbocycles. The van der Waals surface area contributed by atoms with Gasteiger partial charge in [-0.3, -0.25) is 9.36 Å². The first-order valence-corrected chi connectivity index (χ1v) is 6.32. The number of rotatable bonds is 5. The van der Waals surface area contributed by atoms with Crippen molar-refractivity contribution in [3.8, 4) is 0 Å². The van der Waals surface area contributed by atoms with Crippen molar-refractivity contribution >= 4 is 23.7 Å². The van der Waals surface area contributed by atoms with Crippen molar-refractivity contribution in [3.63, 3.8) is 0 Å². The van der Waals surface area contributed by atoms with Gasteiger partial charge in [0.05, 0.1) is 5.92 Å². The van der Waals surface area contributed by atoms with E-state index >= 15 is 0 Å². The molecule has 1 aromatic rings. The van der Waals surface area contributed by atoms with E-state index in [1.807, 2.05) is 20.8 Å². The lowest BCUT2D eigenvalue weighted by Gasteiger charge is -2.17. The molecule has 1 heterocycles. The monoisotopic (exact) mass is 258 g/mol. The predicted molar refractivity (Wildman–Crippen MR) is 66.9 cm³/mol. The molecule has 0 aliphatic heterocycles. The summed E-state index contributed by atoms with van der Waals surface area (Å²) in [5.74, 6) is -0.898. The summed E-state index contributed by atoms with van der Waals surface area (Å²) in [6, 6.07) is 0.153. The molecule has 6 nitrogen and oxygen atoms in total. The number of hydrogen-bond acceptors (Lipinski definition) is 5. The van der Waals surface area contributed by atoms with E-state index in [9.17, 15) is 4.79 Å². The van der Waals surface area contributed by atoms with Crippen LogP contribution in [-0.4, -0.2) is 31.1 Å². The van der Waals surface area contributed by atoms with Crippen LogP contribution in [0.1, 0.15) is 33.7 Å². The fourth-order valence-electron chi connectivity index (χ4n) is 1.32. The third-order valence-electron chi connectivity index (χ3n) is 2.59. The summed E-state index contributed by atoms with van der Waals surface area (Å²) < 4.78 is 1.80. The molecule has 0 aliphatic carbocycles. The summed E-state index contributed by atoms with van der Waals surface area (Å²) >= 11 is 1.38. The Morgan fingerprint density at radius 3 is 2.41 bits per heavy atom. The van der Waals surface area contributed by atoms with Gasteiger partial charge < -0.3 is 10.8 Å². The highest BCUT2D eigenvalue weighted by molar-refractivity contribution is 7.99. The van der Waals surface area contributed by atoms with Crippen LogP contribution in [-0.2, 0) is 4.79 Å². The van der Waals surface area contributed by atoms with E-state index in [-0.39, 0.29) is 11.3 Å². The van der Waals surface area contributed by atoms with Gasteiger partial charge >= 0.3 is 5.97 Å². The number of carbonyl (C=O) groups is 1. The molecule has 7 heteroatoms. The summed E-state index contributed by atoms with van der Waals surface area (Å²) in [6.45, 7) is 7.50. The van der Waals surface area contributed by atoms with Crippen LogP contribution in [0.25, 0.3) is 0 Å². The van der Waals surface area contributed by atoms with Crippen LogP contribution >= 0.6 is 11.8 Å². The van der Waals surface area contributed by atoms with Crippen molar-refractivity contribution in [3.05, 3.63) is 0 Å². The average molecular weight is 258 g/mol. The Labute approximate surface area is 105 Å². The smallest absolute Gasteiger partial charge is 0.307 e. The lowest BCUT2D eigenvalue weighted by molar-refractivity contribution is -0.140. The van der Waals surface area contributed by atoms with E-state index in [2.05, 4.69) is 10.2 Å². The Bertz CT molecular complexity index is 405. The first-order chi connectivity index (χ1) is 7.84. The first kappa shape index (κ1) is 13.8. The van der Waals surface area contributed by atoms with Gasteiger partial charge in [0.15, 0.2) is 5.16 Å². The van der Waals surface area contributed by atoms with E-state index in [4.69, 9.17) is 10.8 Å². The van der Waals surface area contributed by atoms with Gasteiger partial charge in [0.25, 0.3) is 0 Å². The summed E-state index contributed by atoms with van der Waals surface area (Å²) in [7, 11) is 0. The molecule has 17 heavy (non-hydrogen) atoms. The van der Waals surface area contributed by atoms with E-state index < -0.39 is 11.9 Å². The van der Waals surface area contributed by atoms with E-state index in [1.165, 1.54) is 11.8 Å². The molecule has 0 aliphatic rings. The molecule has 0 amide bonds. The molecule has 0 radical (unpaired) electrons. The molecule has 0 spiro atoms. The first-order valence-electron chi connectivity index (χ1n) is 5.44. The molecule has 0 fully saturated rings. The highest BCUT2D eigenvalue weighted by Crippen LogP contribution is 2.29. The molecule has 2 atom stereocenters. The Hall–Kier alpha value is -1.24. The minimum Gasteiger partial charge on any atom is -0.481 e. The van der Waals surface area contributed by atoms with Crippen molar-refractivity contribution in [2.24, 2.45) is 5.92 Å². The molecule has 1 rings (SSSR count). The average Bonchev–Trinajstić information content (AvgIpc) is 2.58. The summed E-state index contributed by atoms with van der Waals surface area (Å²) in [5, 5.41) is 17.3. The third kappa shape index (κ3) is 3.12. The topological polar surface area (TPSA) is 94.0 Å². The summed E-state index contributed by atoms with van der Waals surface area (Å²) in [4.78, 5) is 10.9. The largest absolute Gasteiger partial charge is 0.481 e. The Balaban J connectivity index is 2.85. The third-order valence-corrected chi connectivity index (χ3v) is 3.86. The van der Waals surface area contributed by atoms with Crippen LogP contribution in [0.4, 0.5) is 5.95 Å². The highest BCUT2D eigenvalue weighted by atomic mass is 32.2. The van der Waals surface area contributed by atoms with Gasteiger partial charge in [-0.15, -0.1) is 10.2 Å². The van der Waals surface area contributed by atoms with E-state index in [1.54, 1.807) is 11.5 Å². The maximum absolute atomic E-state index is 10.9. The van der Waals surface area contributed by atoms with E-state index in [0.29, 0.717) is 11.1 Å². The molecule has 0 aromatic carbocycles. The fraction of sp³-hybridized carbons (Fsp3) is 0.700. The lowest BCUT2D eigenvalue weighted by Crippen LogP contribution is -2.20. The predicted octanol–water partition coefficient (Wildman–Crippen LogP) is 1.64. The van der Waals surface area contributed by atoms with Gasteiger partial charge in [-0.1, -0.05) is 25.6 Å². The normalized spacial score (nSPS) is 14.9. The fourth-order valence-corrected chi connectivity index (χ4v) is 2.48. The highest BCUT2D eigenvalue weighted by Gasteiger charge is 2.23. The molecule has 0 bridgehead atoms. The number of carboxylic acids is 1. The molecule has 0 saturated heterocycles. The second-order valence-corrected chi connectivity index (χ2v) is 5.60. The molecule has 3 N–H and O–H groups in total. The molecule has 96 valence electrons. The van der Waals surface area contributed by atoms with Crippen molar-refractivity contribution in [1.29, 1.82) is 0 Å². The zero-order chi connectivity index (χ0) is 13.2. The maximum Gasteiger partial charge on any atom is 0.307 e. The molecular formula is C10H18N4O2S. The van der Waals surface area contributed by atoms with Gasteiger partial charge in [-0.25, -0.2) is 0 Å². The zero-order valence-corrected chi connectivity index (χ0v) is 11.2. The van der Waals surface area contributed by atoms with Crippen LogP contribution in [0.2, 0.25) is 0 Å². The van der Waals surface area contributed by atoms with Gasteiger partial charge in [0.2, 0.25) is 5.95 Å². The van der Waals surface area contributed by atoms with Crippen LogP contribution in [0.15, 0.2) is 5.16 Å². The quantitative estimate of drug-likeness (QED) is 0.780. The SMILES string of the molecule is CC(Sc1nnc(N)n1C(C)C)C(C)C(=O)O. The second kappa shape index (κ2) is 5.39. The number of nitrogens with two attached hydrogens (primary N) is 1. The van der Waals surface area contributed by atoms with Crippen LogP contribution in [0.5, 0.6) is 0 Å².